The second-order valence-corrected chi connectivity index (χ2v) is 7.72. The van der Waals surface area contributed by atoms with Crippen LogP contribution in [-0.2, 0) is 4.79 Å². The number of halogens is 2. The monoisotopic (exact) mass is 436 g/mol. The Hall–Kier alpha value is -3.52. The fourth-order valence-electron chi connectivity index (χ4n) is 2.99. The minimum atomic E-state index is -0.509. The standard InChI is InChI=1S/C23H18F2N4OS/c1-15-10-12-16(13-11-15)29-22(17-6-2-3-7-18(17)24)27-28-23(29)31-14-21(30)26-20-9-5-4-8-19(20)25/h2-13H,14H2,1H3,(H,26,30). The smallest absolute Gasteiger partial charge is 0.234 e. The van der Waals surface area contributed by atoms with Gasteiger partial charge in [0.05, 0.1) is 17.0 Å². The van der Waals surface area contributed by atoms with E-state index in [1.165, 1.54) is 18.2 Å². The number of nitrogens with one attached hydrogen (secondary N) is 1. The Morgan fingerprint density at radius 3 is 2.32 bits per heavy atom. The van der Waals surface area contributed by atoms with E-state index >= 15 is 0 Å². The van der Waals surface area contributed by atoms with Crippen molar-refractivity contribution in [2.24, 2.45) is 0 Å². The van der Waals surface area contributed by atoms with Crippen LogP contribution in [0.1, 0.15) is 5.56 Å². The van der Waals surface area contributed by atoms with Crippen LogP contribution < -0.4 is 5.32 Å². The lowest BCUT2D eigenvalue weighted by Crippen LogP contribution is -2.15. The Morgan fingerprint density at radius 1 is 0.935 bits per heavy atom. The average molecular weight is 436 g/mol. The van der Waals surface area contributed by atoms with Gasteiger partial charge >= 0.3 is 0 Å². The highest BCUT2D eigenvalue weighted by molar-refractivity contribution is 7.99. The summed E-state index contributed by atoms with van der Waals surface area (Å²) in [6.45, 7) is 1.97. The molecular formula is C23H18F2N4OS. The second kappa shape index (κ2) is 9.09. The van der Waals surface area contributed by atoms with E-state index in [-0.39, 0.29) is 17.3 Å². The maximum Gasteiger partial charge on any atom is 0.234 e. The van der Waals surface area contributed by atoms with Crippen molar-refractivity contribution in [2.45, 2.75) is 12.1 Å². The lowest BCUT2D eigenvalue weighted by atomic mass is 10.2. The van der Waals surface area contributed by atoms with Gasteiger partial charge in [0.25, 0.3) is 0 Å². The normalized spacial score (nSPS) is 10.8. The summed E-state index contributed by atoms with van der Waals surface area (Å²) in [5.74, 6) is -1.00. The van der Waals surface area contributed by atoms with Crippen LogP contribution in [-0.4, -0.2) is 26.4 Å². The molecule has 1 heterocycles. The fraction of sp³-hybridized carbons (Fsp3) is 0.0870. The number of carbonyl (C=O) groups excluding carboxylic acids is 1. The van der Waals surface area contributed by atoms with Crippen molar-refractivity contribution < 1.29 is 13.6 Å². The molecule has 1 aromatic heterocycles. The number of carbonyl (C=O) groups is 1. The van der Waals surface area contributed by atoms with Crippen molar-refractivity contribution in [3.8, 4) is 17.1 Å². The summed E-state index contributed by atoms with van der Waals surface area (Å²) in [6.07, 6.45) is 0. The molecule has 0 spiro atoms. The van der Waals surface area contributed by atoms with Gasteiger partial charge in [-0.05, 0) is 43.3 Å². The van der Waals surface area contributed by atoms with Crippen molar-refractivity contribution in [1.29, 1.82) is 0 Å². The van der Waals surface area contributed by atoms with Gasteiger partial charge in [-0.15, -0.1) is 10.2 Å². The van der Waals surface area contributed by atoms with Crippen molar-refractivity contribution >= 4 is 23.4 Å². The third-order valence-corrected chi connectivity index (χ3v) is 5.45. The van der Waals surface area contributed by atoms with Gasteiger partial charge in [0, 0.05) is 5.69 Å². The van der Waals surface area contributed by atoms with Crippen LogP contribution in [0.25, 0.3) is 17.1 Å². The highest BCUT2D eigenvalue weighted by atomic mass is 32.2. The summed E-state index contributed by atoms with van der Waals surface area (Å²) in [5.41, 5.74) is 2.23. The molecule has 4 aromatic rings. The van der Waals surface area contributed by atoms with E-state index < -0.39 is 11.6 Å². The van der Waals surface area contributed by atoms with Gasteiger partial charge in [-0.3, -0.25) is 9.36 Å². The maximum atomic E-state index is 14.5. The number of para-hydroxylation sites is 1. The first-order valence-corrected chi connectivity index (χ1v) is 10.5. The van der Waals surface area contributed by atoms with Gasteiger partial charge in [0.1, 0.15) is 11.6 Å². The molecule has 0 saturated heterocycles. The minimum Gasteiger partial charge on any atom is -0.323 e. The molecule has 0 radical (unpaired) electrons. The number of amides is 1. The van der Waals surface area contributed by atoms with E-state index in [1.54, 1.807) is 34.9 Å². The zero-order chi connectivity index (χ0) is 21.8. The molecule has 1 N–H and O–H groups in total. The minimum absolute atomic E-state index is 0.0183. The van der Waals surface area contributed by atoms with Crippen molar-refractivity contribution in [2.75, 3.05) is 11.1 Å². The topological polar surface area (TPSA) is 59.8 Å². The van der Waals surface area contributed by atoms with Crippen molar-refractivity contribution in [3.63, 3.8) is 0 Å². The van der Waals surface area contributed by atoms with E-state index in [9.17, 15) is 13.6 Å². The molecule has 0 atom stereocenters. The number of nitrogens with zero attached hydrogens (tertiary/aromatic N) is 3. The first kappa shape index (κ1) is 20.7. The largest absolute Gasteiger partial charge is 0.323 e. The predicted octanol–water partition coefficient (Wildman–Crippen LogP) is 5.25. The summed E-state index contributed by atoms with van der Waals surface area (Å²) in [6, 6.07) is 19.9. The summed E-state index contributed by atoms with van der Waals surface area (Å²) < 4.78 is 29.9. The highest BCUT2D eigenvalue weighted by Crippen LogP contribution is 2.29. The molecule has 3 aromatic carbocycles. The van der Waals surface area contributed by atoms with Gasteiger partial charge in [-0.2, -0.15) is 0 Å². The van der Waals surface area contributed by atoms with Crippen LogP contribution in [0.2, 0.25) is 0 Å². The summed E-state index contributed by atoms with van der Waals surface area (Å²) in [7, 11) is 0. The Bertz CT molecular complexity index is 1220. The molecule has 4 rings (SSSR count). The molecule has 8 heteroatoms. The summed E-state index contributed by atoms with van der Waals surface area (Å²) in [5, 5.41) is 11.3. The maximum absolute atomic E-state index is 14.5. The Labute approximate surface area is 182 Å². The highest BCUT2D eigenvalue weighted by Gasteiger charge is 2.19. The van der Waals surface area contributed by atoms with E-state index in [0.717, 1.165) is 23.0 Å². The SMILES string of the molecule is Cc1ccc(-n2c(SCC(=O)Nc3ccccc3F)nnc2-c2ccccc2F)cc1. The number of benzene rings is 3. The number of thioether (sulfide) groups is 1. The number of hydrogen-bond acceptors (Lipinski definition) is 4. The first-order valence-electron chi connectivity index (χ1n) is 9.47. The third-order valence-electron chi connectivity index (χ3n) is 4.52. The van der Waals surface area contributed by atoms with E-state index in [2.05, 4.69) is 15.5 Å². The number of aryl methyl sites for hydroxylation is 1. The van der Waals surface area contributed by atoms with Gasteiger partial charge in [-0.1, -0.05) is 53.7 Å². The molecule has 0 aliphatic carbocycles. The Balaban J connectivity index is 1.63. The van der Waals surface area contributed by atoms with Crippen molar-refractivity contribution in [3.05, 3.63) is 90.0 Å². The molecule has 0 aliphatic rings. The molecule has 0 bridgehead atoms. The molecule has 0 saturated carbocycles. The zero-order valence-corrected chi connectivity index (χ0v) is 17.4. The quantitative estimate of drug-likeness (QED) is 0.419. The number of aromatic nitrogens is 3. The first-order chi connectivity index (χ1) is 15.0. The van der Waals surface area contributed by atoms with Gasteiger partial charge < -0.3 is 5.32 Å². The molecule has 156 valence electrons. The summed E-state index contributed by atoms with van der Waals surface area (Å²) >= 11 is 1.13. The van der Waals surface area contributed by atoms with E-state index in [0.29, 0.717) is 16.5 Å². The predicted molar refractivity (Wildman–Crippen MR) is 117 cm³/mol. The molecule has 0 unspecified atom stereocenters. The lowest BCUT2D eigenvalue weighted by molar-refractivity contribution is -0.113. The molecule has 0 aliphatic heterocycles. The number of anilines is 1. The molecule has 31 heavy (non-hydrogen) atoms. The molecule has 5 nitrogen and oxygen atoms in total. The fourth-order valence-corrected chi connectivity index (χ4v) is 3.74. The lowest BCUT2D eigenvalue weighted by Gasteiger charge is -2.11. The van der Waals surface area contributed by atoms with Crippen LogP contribution in [0.5, 0.6) is 0 Å². The van der Waals surface area contributed by atoms with Gasteiger partial charge in [-0.25, -0.2) is 8.78 Å². The molecule has 0 fully saturated rings. The molecular weight excluding hydrogens is 418 g/mol. The number of hydrogen-bond donors (Lipinski definition) is 1. The molecule has 1 amide bonds. The Morgan fingerprint density at radius 2 is 1.61 bits per heavy atom. The van der Waals surface area contributed by atoms with Crippen LogP contribution in [0, 0.1) is 18.6 Å². The van der Waals surface area contributed by atoms with Gasteiger partial charge in [0.2, 0.25) is 5.91 Å². The van der Waals surface area contributed by atoms with Crippen LogP contribution >= 0.6 is 11.8 Å². The van der Waals surface area contributed by atoms with Gasteiger partial charge in [0.15, 0.2) is 11.0 Å². The van der Waals surface area contributed by atoms with E-state index in [1.807, 2.05) is 31.2 Å². The average Bonchev–Trinajstić information content (AvgIpc) is 3.18. The van der Waals surface area contributed by atoms with E-state index in [4.69, 9.17) is 0 Å². The Kier molecular flexibility index (Phi) is 6.08. The summed E-state index contributed by atoms with van der Waals surface area (Å²) in [4.78, 5) is 12.3. The van der Waals surface area contributed by atoms with Crippen LogP contribution in [0.4, 0.5) is 14.5 Å². The zero-order valence-electron chi connectivity index (χ0n) is 16.5. The second-order valence-electron chi connectivity index (χ2n) is 6.77. The third kappa shape index (κ3) is 4.64. The van der Waals surface area contributed by atoms with Crippen LogP contribution in [0.15, 0.2) is 78.0 Å². The number of rotatable bonds is 6. The van der Waals surface area contributed by atoms with Crippen LogP contribution in [0.3, 0.4) is 0 Å². The van der Waals surface area contributed by atoms with Crippen molar-refractivity contribution in [1.82, 2.24) is 14.8 Å².